The number of nitrogens with two attached hydrogens (primary N) is 1. The van der Waals surface area contributed by atoms with Gasteiger partial charge in [-0.15, -0.1) is 0 Å². The molecule has 1 aliphatic rings. The molecule has 2 heteroatoms. The van der Waals surface area contributed by atoms with E-state index in [0.29, 0.717) is 0 Å². The van der Waals surface area contributed by atoms with Crippen LogP contribution in [0.1, 0.15) is 24.8 Å². The van der Waals surface area contributed by atoms with Crippen LogP contribution in [0.2, 0.25) is 0 Å². The number of hydrogen-bond donors (Lipinski definition) is 1. The van der Waals surface area contributed by atoms with Crippen molar-refractivity contribution >= 4 is 10.8 Å². The lowest BCUT2D eigenvalue weighted by Crippen LogP contribution is -2.43. The average Bonchev–Trinajstić information content (AvgIpc) is 2.34. The fraction of sp³-hybridized carbons (Fsp3) is 0.333. The zero-order chi connectivity index (χ0) is 11.9. The van der Waals surface area contributed by atoms with Gasteiger partial charge in [-0.25, -0.2) is 0 Å². The Kier molecular flexibility index (Phi) is 2.33. The second-order valence-corrected chi connectivity index (χ2v) is 4.87. The van der Waals surface area contributed by atoms with Crippen LogP contribution >= 0.6 is 0 Å². The van der Waals surface area contributed by atoms with E-state index < -0.39 is 0 Å². The first kappa shape index (κ1) is 10.6. The lowest BCUT2D eigenvalue weighted by atomic mass is 9.71. The third-order valence-corrected chi connectivity index (χ3v) is 3.89. The highest BCUT2D eigenvalue weighted by molar-refractivity contribution is 5.91. The van der Waals surface area contributed by atoms with Crippen LogP contribution in [0, 0.1) is 0 Å². The van der Waals surface area contributed by atoms with Crippen LogP contribution in [0.5, 0.6) is 5.75 Å². The number of methoxy groups -OCH3 is 1. The molecule has 0 radical (unpaired) electrons. The number of benzene rings is 2. The molecule has 1 fully saturated rings. The molecule has 0 atom stereocenters. The van der Waals surface area contributed by atoms with Gasteiger partial charge in [0.25, 0.3) is 0 Å². The number of rotatable bonds is 2. The van der Waals surface area contributed by atoms with E-state index in [0.717, 1.165) is 24.0 Å². The summed E-state index contributed by atoms with van der Waals surface area (Å²) in [5, 5.41) is 2.39. The zero-order valence-corrected chi connectivity index (χ0v) is 10.1. The third-order valence-electron chi connectivity index (χ3n) is 3.89. The molecule has 88 valence electrons. The normalized spacial score (nSPS) is 17.8. The van der Waals surface area contributed by atoms with Gasteiger partial charge in [-0.05, 0) is 36.3 Å². The lowest BCUT2D eigenvalue weighted by Gasteiger charge is -2.39. The van der Waals surface area contributed by atoms with Gasteiger partial charge in [0.05, 0.1) is 7.11 Å². The predicted octanol–water partition coefficient (Wildman–Crippen LogP) is 3.19. The molecular weight excluding hydrogens is 210 g/mol. The van der Waals surface area contributed by atoms with Crippen molar-refractivity contribution in [1.82, 2.24) is 0 Å². The van der Waals surface area contributed by atoms with Crippen molar-refractivity contribution in [3.05, 3.63) is 42.0 Å². The van der Waals surface area contributed by atoms with Crippen molar-refractivity contribution in [1.29, 1.82) is 0 Å². The van der Waals surface area contributed by atoms with E-state index in [1.807, 2.05) is 12.1 Å². The Labute approximate surface area is 101 Å². The first-order valence-corrected chi connectivity index (χ1v) is 6.10. The van der Waals surface area contributed by atoms with Crippen LogP contribution < -0.4 is 10.5 Å². The SMILES string of the molecule is COc1ccc(C2(N)CCC2)c2ccccc12. The first-order valence-electron chi connectivity index (χ1n) is 6.10. The van der Waals surface area contributed by atoms with Gasteiger partial charge in [0.2, 0.25) is 0 Å². The summed E-state index contributed by atoms with van der Waals surface area (Å²) < 4.78 is 5.41. The summed E-state index contributed by atoms with van der Waals surface area (Å²) in [6.45, 7) is 0. The van der Waals surface area contributed by atoms with Gasteiger partial charge in [-0.3, -0.25) is 0 Å². The summed E-state index contributed by atoms with van der Waals surface area (Å²) in [7, 11) is 1.71. The molecule has 0 bridgehead atoms. The second-order valence-electron chi connectivity index (χ2n) is 4.87. The minimum absolute atomic E-state index is 0.119. The molecule has 0 spiro atoms. The monoisotopic (exact) mass is 227 g/mol. The maximum atomic E-state index is 6.44. The van der Waals surface area contributed by atoms with Gasteiger partial charge in [0.1, 0.15) is 5.75 Å². The molecule has 1 aliphatic carbocycles. The van der Waals surface area contributed by atoms with Gasteiger partial charge in [-0.2, -0.15) is 0 Å². The number of hydrogen-bond acceptors (Lipinski definition) is 2. The molecule has 2 aromatic carbocycles. The predicted molar refractivity (Wildman–Crippen MR) is 70.2 cm³/mol. The van der Waals surface area contributed by atoms with Crippen molar-refractivity contribution in [2.24, 2.45) is 5.73 Å². The Morgan fingerprint density at radius 2 is 1.76 bits per heavy atom. The van der Waals surface area contributed by atoms with Crippen LogP contribution in [0.15, 0.2) is 36.4 Å². The summed E-state index contributed by atoms with van der Waals surface area (Å²) in [6.07, 6.45) is 3.41. The summed E-state index contributed by atoms with van der Waals surface area (Å²) in [5.74, 6) is 0.923. The molecular formula is C15H17NO. The van der Waals surface area contributed by atoms with Crippen molar-refractivity contribution < 1.29 is 4.74 Å². The fourth-order valence-corrected chi connectivity index (χ4v) is 2.71. The molecule has 0 amide bonds. The summed E-state index contributed by atoms with van der Waals surface area (Å²) in [6, 6.07) is 12.5. The molecule has 0 aliphatic heterocycles. The van der Waals surface area contributed by atoms with Crippen LogP contribution in [-0.2, 0) is 5.54 Å². The summed E-state index contributed by atoms with van der Waals surface area (Å²) in [4.78, 5) is 0. The average molecular weight is 227 g/mol. The highest BCUT2D eigenvalue weighted by Crippen LogP contribution is 2.43. The largest absolute Gasteiger partial charge is 0.496 e. The molecule has 3 rings (SSSR count). The molecule has 0 heterocycles. The second kappa shape index (κ2) is 3.74. The van der Waals surface area contributed by atoms with E-state index in [1.165, 1.54) is 17.4 Å². The minimum Gasteiger partial charge on any atom is -0.496 e. The zero-order valence-electron chi connectivity index (χ0n) is 10.1. The van der Waals surface area contributed by atoms with E-state index in [2.05, 4.69) is 24.3 Å². The van der Waals surface area contributed by atoms with Crippen molar-refractivity contribution in [3.63, 3.8) is 0 Å². The Morgan fingerprint density at radius 3 is 2.35 bits per heavy atom. The Bertz CT molecular complexity index is 558. The van der Waals surface area contributed by atoms with Crippen LogP contribution in [-0.4, -0.2) is 7.11 Å². The van der Waals surface area contributed by atoms with Crippen molar-refractivity contribution in [2.75, 3.05) is 7.11 Å². The topological polar surface area (TPSA) is 35.2 Å². The number of ether oxygens (including phenoxy) is 1. The standard InChI is InChI=1S/C15H17NO/c1-17-14-8-7-13(15(16)9-4-10-15)11-5-2-3-6-12(11)14/h2-3,5-8H,4,9-10,16H2,1H3. The molecule has 17 heavy (non-hydrogen) atoms. The first-order chi connectivity index (χ1) is 8.24. The molecule has 0 aromatic heterocycles. The Hall–Kier alpha value is -1.54. The summed E-state index contributed by atoms with van der Waals surface area (Å²) in [5.41, 5.74) is 7.59. The van der Waals surface area contributed by atoms with E-state index in [1.54, 1.807) is 7.11 Å². The maximum absolute atomic E-state index is 6.44. The minimum atomic E-state index is -0.119. The molecule has 2 N–H and O–H groups in total. The van der Waals surface area contributed by atoms with Crippen molar-refractivity contribution in [3.8, 4) is 5.75 Å². The van der Waals surface area contributed by atoms with E-state index in [-0.39, 0.29) is 5.54 Å². The van der Waals surface area contributed by atoms with Gasteiger partial charge in [0.15, 0.2) is 0 Å². The van der Waals surface area contributed by atoms with Gasteiger partial charge in [0, 0.05) is 10.9 Å². The molecule has 2 aromatic rings. The molecule has 1 saturated carbocycles. The maximum Gasteiger partial charge on any atom is 0.126 e. The van der Waals surface area contributed by atoms with E-state index >= 15 is 0 Å². The highest BCUT2D eigenvalue weighted by Gasteiger charge is 2.35. The fourth-order valence-electron chi connectivity index (χ4n) is 2.71. The van der Waals surface area contributed by atoms with E-state index in [4.69, 9.17) is 10.5 Å². The number of fused-ring (bicyclic) bond motifs is 1. The summed E-state index contributed by atoms with van der Waals surface area (Å²) >= 11 is 0. The van der Waals surface area contributed by atoms with Gasteiger partial charge >= 0.3 is 0 Å². The smallest absolute Gasteiger partial charge is 0.126 e. The van der Waals surface area contributed by atoms with Crippen LogP contribution in [0.25, 0.3) is 10.8 Å². The molecule has 0 unspecified atom stereocenters. The quantitative estimate of drug-likeness (QED) is 0.855. The third kappa shape index (κ3) is 1.52. The molecule has 2 nitrogen and oxygen atoms in total. The van der Waals surface area contributed by atoms with Crippen molar-refractivity contribution in [2.45, 2.75) is 24.8 Å². The Morgan fingerprint density at radius 1 is 1.06 bits per heavy atom. The van der Waals surface area contributed by atoms with E-state index in [9.17, 15) is 0 Å². The highest BCUT2D eigenvalue weighted by atomic mass is 16.5. The Balaban J connectivity index is 2.27. The van der Waals surface area contributed by atoms with Gasteiger partial charge in [-0.1, -0.05) is 30.3 Å². The van der Waals surface area contributed by atoms with Crippen LogP contribution in [0.4, 0.5) is 0 Å². The lowest BCUT2D eigenvalue weighted by molar-refractivity contribution is 0.256. The molecule has 0 saturated heterocycles. The van der Waals surface area contributed by atoms with Gasteiger partial charge < -0.3 is 10.5 Å². The van der Waals surface area contributed by atoms with Crippen LogP contribution in [0.3, 0.4) is 0 Å².